The zero-order chi connectivity index (χ0) is 13.0. The van der Waals surface area contributed by atoms with Gasteiger partial charge in [0.2, 0.25) is 0 Å². The summed E-state index contributed by atoms with van der Waals surface area (Å²) in [4.78, 5) is 2.67. The summed E-state index contributed by atoms with van der Waals surface area (Å²) in [5.41, 5.74) is 1.49. The van der Waals surface area contributed by atoms with E-state index < -0.39 is 0 Å². The van der Waals surface area contributed by atoms with Crippen LogP contribution in [0.5, 0.6) is 0 Å². The van der Waals surface area contributed by atoms with Crippen molar-refractivity contribution in [1.82, 2.24) is 10.2 Å². The van der Waals surface area contributed by atoms with Crippen LogP contribution in [-0.4, -0.2) is 36.6 Å². The fourth-order valence-electron chi connectivity index (χ4n) is 2.62. The molecule has 1 aromatic rings. The highest BCUT2D eigenvalue weighted by atomic mass is 32.1. The van der Waals surface area contributed by atoms with E-state index in [9.17, 15) is 0 Å². The van der Waals surface area contributed by atoms with Crippen molar-refractivity contribution in [2.45, 2.75) is 45.7 Å². The lowest BCUT2D eigenvalue weighted by atomic mass is 10.0. The van der Waals surface area contributed by atoms with Crippen molar-refractivity contribution in [3.63, 3.8) is 0 Å². The monoisotopic (exact) mass is 266 g/mol. The first-order valence-electron chi connectivity index (χ1n) is 7.15. The predicted octanol–water partition coefficient (Wildman–Crippen LogP) is 3.00. The van der Waals surface area contributed by atoms with Gasteiger partial charge in [0.25, 0.3) is 0 Å². The zero-order valence-electron chi connectivity index (χ0n) is 11.9. The summed E-state index contributed by atoms with van der Waals surface area (Å²) in [5, 5.41) is 8.15. The number of rotatable bonds is 4. The first-order valence-corrected chi connectivity index (χ1v) is 8.09. The Bertz CT molecular complexity index is 334. The maximum atomic E-state index is 3.69. The van der Waals surface area contributed by atoms with Crippen LogP contribution in [-0.2, 0) is 6.42 Å². The van der Waals surface area contributed by atoms with Crippen LogP contribution < -0.4 is 5.32 Å². The molecule has 1 N–H and O–H groups in total. The highest BCUT2D eigenvalue weighted by molar-refractivity contribution is 7.07. The molecule has 1 aliphatic heterocycles. The van der Waals surface area contributed by atoms with Crippen LogP contribution in [0.4, 0.5) is 0 Å². The van der Waals surface area contributed by atoms with Crippen molar-refractivity contribution in [2.24, 2.45) is 5.92 Å². The van der Waals surface area contributed by atoms with E-state index >= 15 is 0 Å². The second-order valence-corrected chi connectivity index (χ2v) is 6.60. The van der Waals surface area contributed by atoms with Crippen molar-refractivity contribution in [3.05, 3.63) is 22.4 Å². The number of hydrogen-bond acceptors (Lipinski definition) is 3. The fraction of sp³-hybridized carbons (Fsp3) is 0.733. The van der Waals surface area contributed by atoms with Crippen LogP contribution >= 0.6 is 11.3 Å². The molecular weight excluding hydrogens is 240 g/mol. The van der Waals surface area contributed by atoms with Gasteiger partial charge < -0.3 is 5.32 Å². The molecule has 0 radical (unpaired) electrons. The van der Waals surface area contributed by atoms with Crippen LogP contribution in [0.15, 0.2) is 16.8 Å². The molecule has 1 saturated heterocycles. The Morgan fingerprint density at radius 3 is 3.00 bits per heavy atom. The summed E-state index contributed by atoms with van der Waals surface area (Å²) in [6, 6.07) is 3.61. The topological polar surface area (TPSA) is 15.3 Å². The predicted molar refractivity (Wildman–Crippen MR) is 80.3 cm³/mol. The van der Waals surface area contributed by atoms with Gasteiger partial charge in [-0.2, -0.15) is 11.3 Å². The summed E-state index contributed by atoms with van der Waals surface area (Å²) in [7, 11) is 0. The third-order valence-corrected chi connectivity index (χ3v) is 4.83. The van der Waals surface area contributed by atoms with Gasteiger partial charge in [0.15, 0.2) is 0 Å². The Morgan fingerprint density at radius 1 is 1.50 bits per heavy atom. The Kier molecular flexibility index (Phi) is 5.22. The Labute approximate surface area is 115 Å². The van der Waals surface area contributed by atoms with Gasteiger partial charge in [-0.1, -0.05) is 13.8 Å². The third kappa shape index (κ3) is 3.81. The fourth-order valence-corrected chi connectivity index (χ4v) is 3.33. The number of nitrogens with zero attached hydrogens (tertiary/aromatic N) is 1. The molecule has 0 aromatic carbocycles. The van der Waals surface area contributed by atoms with Gasteiger partial charge in [0.1, 0.15) is 0 Å². The highest BCUT2D eigenvalue weighted by Crippen LogP contribution is 2.15. The zero-order valence-corrected chi connectivity index (χ0v) is 12.7. The third-order valence-electron chi connectivity index (χ3n) is 4.10. The molecule has 0 spiro atoms. The van der Waals surface area contributed by atoms with Crippen LogP contribution in [0.1, 0.15) is 32.8 Å². The minimum atomic E-state index is 0.650. The van der Waals surface area contributed by atoms with Gasteiger partial charge in [-0.05, 0) is 54.6 Å². The van der Waals surface area contributed by atoms with Crippen LogP contribution in [0.3, 0.4) is 0 Å². The molecule has 2 atom stereocenters. The lowest BCUT2D eigenvalue weighted by Crippen LogP contribution is -2.43. The Balaban J connectivity index is 1.90. The van der Waals surface area contributed by atoms with Crippen LogP contribution in [0.25, 0.3) is 0 Å². The molecule has 1 aromatic heterocycles. The minimum Gasteiger partial charge on any atom is -0.312 e. The van der Waals surface area contributed by atoms with Gasteiger partial charge in [-0.25, -0.2) is 0 Å². The van der Waals surface area contributed by atoms with Crippen molar-refractivity contribution in [1.29, 1.82) is 0 Å². The van der Waals surface area contributed by atoms with E-state index in [2.05, 4.69) is 47.8 Å². The number of nitrogens with one attached hydrogen (secondary N) is 1. The van der Waals surface area contributed by atoms with Crippen molar-refractivity contribution >= 4 is 11.3 Å². The lowest BCUT2D eigenvalue weighted by Gasteiger charge is -2.30. The van der Waals surface area contributed by atoms with Gasteiger partial charge in [-0.15, -0.1) is 0 Å². The summed E-state index contributed by atoms with van der Waals surface area (Å²) in [5.74, 6) is 0.721. The quantitative estimate of drug-likeness (QED) is 0.901. The van der Waals surface area contributed by atoms with Crippen molar-refractivity contribution in [3.8, 4) is 0 Å². The molecule has 2 nitrogen and oxygen atoms in total. The second-order valence-electron chi connectivity index (χ2n) is 5.82. The number of thiophene rings is 1. The Hall–Kier alpha value is -0.380. The Morgan fingerprint density at radius 2 is 2.33 bits per heavy atom. The summed E-state index contributed by atoms with van der Waals surface area (Å²) >= 11 is 1.81. The molecule has 102 valence electrons. The summed E-state index contributed by atoms with van der Waals surface area (Å²) < 4.78 is 0. The molecule has 2 heterocycles. The highest BCUT2D eigenvalue weighted by Gasteiger charge is 2.24. The van der Waals surface area contributed by atoms with E-state index in [1.165, 1.54) is 38.0 Å². The maximum Gasteiger partial charge on any atom is 0.0218 e. The van der Waals surface area contributed by atoms with E-state index in [0.717, 1.165) is 5.92 Å². The summed E-state index contributed by atoms with van der Waals surface area (Å²) in [6.07, 6.45) is 2.46. The van der Waals surface area contributed by atoms with Crippen LogP contribution in [0, 0.1) is 5.92 Å². The van der Waals surface area contributed by atoms with E-state index in [1.54, 1.807) is 11.3 Å². The standard InChI is InChI=1S/C15H26N2S/c1-12(2)15-10-17(13(3)4-7-16-15)8-5-14-6-9-18-11-14/h6,9,11-13,15-16H,4-5,7-8,10H2,1-3H3. The maximum absolute atomic E-state index is 3.69. The van der Waals surface area contributed by atoms with E-state index in [1.807, 2.05) is 0 Å². The van der Waals surface area contributed by atoms with Crippen molar-refractivity contribution in [2.75, 3.05) is 19.6 Å². The normalized spacial score (nSPS) is 26.4. The molecule has 0 amide bonds. The summed E-state index contributed by atoms with van der Waals surface area (Å²) in [6.45, 7) is 10.6. The number of hydrogen-bond donors (Lipinski definition) is 1. The van der Waals surface area contributed by atoms with E-state index in [-0.39, 0.29) is 0 Å². The van der Waals surface area contributed by atoms with Gasteiger partial charge in [0, 0.05) is 25.2 Å². The van der Waals surface area contributed by atoms with Crippen molar-refractivity contribution < 1.29 is 0 Å². The molecule has 0 aliphatic carbocycles. The average Bonchev–Trinajstić information content (AvgIpc) is 2.77. The minimum absolute atomic E-state index is 0.650. The average molecular weight is 266 g/mol. The van der Waals surface area contributed by atoms with Gasteiger partial charge in [0.05, 0.1) is 0 Å². The van der Waals surface area contributed by atoms with Gasteiger partial charge in [-0.3, -0.25) is 4.90 Å². The molecule has 0 bridgehead atoms. The molecule has 1 aliphatic rings. The van der Waals surface area contributed by atoms with Crippen LogP contribution in [0.2, 0.25) is 0 Å². The molecular formula is C15H26N2S. The molecule has 18 heavy (non-hydrogen) atoms. The molecule has 2 unspecified atom stereocenters. The van der Waals surface area contributed by atoms with Gasteiger partial charge >= 0.3 is 0 Å². The lowest BCUT2D eigenvalue weighted by molar-refractivity contribution is 0.194. The first kappa shape index (κ1) is 14.0. The first-order chi connectivity index (χ1) is 8.66. The van der Waals surface area contributed by atoms with E-state index in [4.69, 9.17) is 0 Å². The second kappa shape index (κ2) is 6.69. The molecule has 2 rings (SSSR count). The molecule has 3 heteroatoms. The largest absolute Gasteiger partial charge is 0.312 e. The molecule has 0 saturated carbocycles. The SMILES string of the molecule is CC(C)C1CN(CCc2ccsc2)C(C)CCN1. The molecule has 1 fully saturated rings. The smallest absolute Gasteiger partial charge is 0.0218 e. The van der Waals surface area contributed by atoms with E-state index in [0.29, 0.717) is 12.1 Å².